The van der Waals surface area contributed by atoms with Crippen molar-refractivity contribution in [1.29, 1.82) is 0 Å². The maximum atomic E-state index is 5.83. The number of methoxy groups -OCH3 is 4. The third-order valence-corrected chi connectivity index (χ3v) is 8.87. The molecule has 2 aliphatic heterocycles. The molecule has 0 aliphatic carbocycles. The fourth-order valence-electron chi connectivity index (χ4n) is 7.06. The first-order valence-corrected chi connectivity index (χ1v) is 13.6. The second-order valence-electron chi connectivity index (χ2n) is 10.9. The van der Waals surface area contributed by atoms with Crippen LogP contribution in [0.3, 0.4) is 0 Å². The van der Waals surface area contributed by atoms with Gasteiger partial charge in [0.15, 0.2) is 23.0 Å². The summed E-state index contributed by atoms with van der Waals surface area (Å²) in [5.41, 5.74) is 4.29. The van der Waals surface area contributed by atoms with Crippen LogP contribution in [-0.4, -0.2) is 45.4 Å². The molecule has 4 aromatic rings. The summed E-state index contributed by atoms with van der Waals surface area (Å²) in [5, 5.41) is 4.77. The molecular formula is C33H37NO4. The van der Waals surface area contributed by atoms with E-state index in [0.717, 1.165) is 53.2 Å². The topological polar surface area (TPSA) is 40.2 Å². The summed E-state index contributed by atoms with van der Waals surface area (Å²) >= 11 is 0. The fourth-order valence-corrected chi connectivity index (χ4v) is 7.06. The van der Waals surface area contributed by atoms with Crippen molar-refractivity contribution in [1.82, 2.24) is 4.90 Å². The molecule has 1 fully saturated rings. The lowest BCUT2D eigenvalue weighted by molar-refractivity contribution is 0.00826. The summed E-state index contributed by atoms with van der Waals surface area (Å²) in [7, 11) is 6.83. The second-order valence-corrected chi connectivity index (χ2v) is 10.9. The maximum Gasteiger partial charge on any atom is 0.161 e. The summed E-state index contributed by atoms with van der Waals surface area (Å²) in [6.45, 7) is 3.59. The summed E-state index contributed by atoms with van der Waals surface area (Å²) < 4.78 is 23.2. The number of hydrogen-bond acceptors (Lipinski definition) is 5. The van der Waals surface area contributed by atoms with Crippen molar-refractivity contribution in [3.63, 3.8) is 0 Å². The summed E-state index contributed by atoms with van der Waals surface area (Å²) in [5.74, 6) is 2.98. The molecule has 0 N–H and O–H groups in total. The van der Waals surface area contributed by atoms with Crippen LogP contribution in [0.5, 0.6) is 23.0 Å². The molecule has 0 saturated carbocycles. The van der Waals surface area contributed by atoms with Crippen molar-refractivity contribution in [2.45, 2.75) is 50.6 Å². The van der Waals surface area contributed by atoms with Crippen molar-refractivity contribution < 1.29 is 18.9 Å². The normalized spacial score (nSPS) is 21.1. The molecule has 2 atom stereocenters. The molecule has 6 rings (SSSR count). The lowest BCUT2D eigenvalue weighted by atomic mass is 9.71. The van der Waals surface area contributed by atoms with Gasteiger partial charge in [-0.05, 0) is 102 Å². The lowest BCUT2D eigenvalue weighted by Gasteiger charge is -2.54. The van der Waals surface area contributed by atoms with Crippen LogP contribution in [0.1, 0.15) is 48.9 Å². The van der Waals surface area contributed by atoms with E-state index in [9.17, 15) is 0 Å². The van der Waals surface area contributed by atoms with Gasteiger partial charge in [-0.15, -0.1) is 0 Å². The highest BCUT2D eigenvalue weighted by Gasteiger charge is 2.45. The molecule has 1 saturated heterocycles. The molecule has 0 amide bonds. The Morgan fingerprint density at radius 2 is 1.29 bits per heavy atom. The van der Waals surface area contributed by atoms with E-state index in [0.29, 0.717) is 0 Å². The average Bonchev–Trinajstić information content (AvgIpc) is 2.95. The average molecular weight is 512 g/mol. The standard InChI is InChI=1S/C33H37NO4/c1-33-13-9-10-14-34(33)27(15-21-11-7-6-8-12-21)32-25-19-31(38-5)29(36-3)17-23(25)22-16-28(35-2)30(37-4)18-24(22)26(32)20-33/h6-8,11-12,16-19,27H,9-10,13-15,20H2,1-5H3/t27-,33+/m0/s1. The Morgan fingerprint density at radius 1 is 0.737 bits per heavy atom. The van der Waals surface area contributed by atoms with E-state index >= 15 is 0 Å². The molecular weight excluding hydrogens is 474 g/mol. The summed E-state index contributed by atoms with van der Waals surface area (Å²) in [4.78, 5) is 2.80. The first-order valence-electron chi connectivity index (χ1n) is 13.6. The lowest BCUT2D eigenvalue weighted by Crippen LogP contribution is -2.56. The Balaban J connectivity index is 1.74. The molecule has 5 nitrogen and oxygen atoms in total. The molecule has 2 heterocycles. The number of ether oxygens (including phenoxy) is 4. The minimum atomic E-state index is 0.106. The number of nitrogens with zero attached hydrogens (tertiary/aromatic N) is 1. The largest absolute Gasteiger partial charge is 0.493 e. The van der Waals surface area contributed by atoms with Gasteiger partial charge in [0.1, 0.15) is 0 Å². The zero-order chi connectivity index (χ0) is 26.4. The van der Waals surface area contributed by atoms with Gasteiger partial charge in [-0.25, -0.2) is 0 Å². The molecule has 2 aliphatic rings. The van der Waals surface area contributed by atoms with Crippen LogP contribution in [0.25, 0.3) is 21.5 Å². The van der Waals surface area contributed by atoms with Gasteiger partial charge in [0, 0.05) is 11.6 Å². The fraction of sp³-hybridized carbons (Fsp3) is 0.394. The van der Waals surface area contributed by atoms with Crippen LogP contribution in [0, 0.1) is 0 Å². The maximum absolute atomic E-state index is 5.83. The Labute approximate surface area is 225 Å². The first kappa shape index (κ1) is 24.9. The smallest absolute Gasteiger partial charge is 0.161 e. The molecule has 0 aromatic heterocycles. The van der Waals surface area contributed by atoms with Crippen LogP contribution in [-0.2, 0) is 12.8 Å². The quantitative estimate of drug-likeness (QED) is 0.258. The minimum Gasteiger partial charge on any atom is -0.493 e. The third kappa shape index (κ3) is 3.87. The van der Waals surface area contributed by atoms with E-state index < -0.39 is 0 Å². The Hall–Kier alpha value is -3.44. The number of fused-ring (bicyclic) bond motifs is 7. The molecule has 0 radical (unpaired) electrons. The van der Waals surface area contributed by atoms with Gasteiger partial charge in [-0.1, -0.05) is 36.8 Å². The predicted octanol–water partition coefficient (Wildman–Crippen LogP) is 7.11. The molecule has 5 heteroatoms. The van der Waals surface area contributed by atoms with Gasteiger partial charge in [-0.3, -0.25) is 4.90 Å². The minimum absolute atomic E-state index is 0.106. The highest BCUT2D eigenvalue weighted by Crippen LogP contribution is 2.52. The summed E-state index contributed by atoms with van der Waals surface area (Å²) in [6.07, 6.45) is 5.68. The SMILES string of the molecule is COc1cc2c3c(c4cc(OC)c(OC)cc4c2cc1OC)[C@H](Cc1ccccc1)N1CCCC[C@]1(C)C3. The van der Waals surface area contributed by atoms with E-state index in [4.69, 9.17) is 18.9 Å². The van der Waals surface area contributed by atoms with Gasteiger partial charge >= 0.3 is 0 Å². The van der Waals surface area contributed by atoms with Gasteiger partial charge in [0.2, 0.25) is 0 Å². The van der Waals surface area contributed by atoms with Crippen LogP contribution in [0.4, 0.5) is 0 Å². The molecule has 0 bridgehead atoms. The Kier molecular flexibility index (Phi) is 6.35. The van der Waals surface area contributed by atoms with Crippen molar-refractivity contribution in [3.05, 3.63) is 71.3 Å². The highest BCUT2D eigenvalue weighted by atomic mass is 16.5. The number of benzene rings is 4. The third-order valence-electron chi connectivity index (χ3n) is 8.87. The van der Waals surface area contributed by atoms with Crippen molar-refractivity contribution >= 4 is 21.5 Å². The number of rotatable bonds is 6. The van der Waals surface area contributed by atoms with Crippen molar-refractivity contribution in [3.8, 4) is 23.0 Å². The number of hydrogen-bond donors (Lipinski definition) is 0. The van der Waals surface area contributed by atoms with Gasteiger partial charge < -0.3 is 18.9 Å². The zero-order valence-electron chi connectivity index (χ0n) is 23.1. The molecule has 0 unspecified atom stereocenters. The van der Waals surface area contributed by atoms with Crippen molar-refractivity contribution in [2.24, 2.45) is 0 Å². The zero-order valence-corrected chi connectivity index (χ0v) is 23.1. The highest BCUT2D eigenvalue weighted by molar-refractivity contribution is 6.13. The molecule has 0 spiro atoms. The Morgan fingerprint density at radius 3 is 1.89 bits per heavy atom. The van der Waals surface area contributed by atoms with Crippen LogP contribution in [0.15, 0.2) is 54.6 Å². The second kappa shape index (κ2) is 9.70. The van der Waals surface area contributed by atoms with E-state index in [1.807, 2.05) is 0 Å². The van der Waals surface area contributed by atoms with Crippen LogP contribution >= 0.6 is 0 Å². The van der Waals surface area contributed by atoms with E-state index in [1.165, 1.54) is 46.7 Å². The monoisotopic (exact) mass is 511 g/mol. The van der Waals surface area contributed by atoms with E-state index in [2.05, 4.69) is 66.4 Å². The van der Waals surface area contributed by atoms with Gasteiger partial charge in [0.05, 0.1) is 28.4 Å². The summed E-state index contributed by atoms with van der Waals surface area (Å²) in [6, 6.07) is 19.8. The molecule has 4 aromatic carbocycles. The Bertz CT molecular complexity index is 1500. The molecule has 198 valence electrons. The van der Waals surface area contributed by atoms with Crippen LogP contribution in [0.2, 0.25) is 0 Å². The van der Waals surface area contributed by atoms with Crippen LogP contribution < -0.4 is 18.9 Å². The predicted molar refractivity (Wildman–Crippen MR) is 153 cm³/mol. The van der Waals surface area contributed by atoms with Gasteiger partial charge in [0.25, 0.3) is 0 Å². The first-order chi connectivity index (χ1) is 18.5. The molecule has 38 heavy (non-hydrogen) atoms. The van der Waals surface area contributed by atoms with E-state index in [1.54, 1.807) is 28.4 Å². The van der Waals surface area contributed by atoms with Gasteiger partial charge in [-0.2, -0.15) is 0 Å². The van der Waals surface area contributed by atoms with E-state index in [-0.39, 0.29) is 11.6 Å². The number of piperidine rings is 1. The van der Waals surface area contributed by atoms with Crippen molar-refractivity contribution in [2.75, 3.05) is 35.0 Å².